The van der Waals surface area contributed by atoms with Crippen LogP contribution in [-0.4, -0.2) is 33.6 Å². The average molecular weight is 437 g/mol. The number of hydrogen-bond acceptors (Lipinski definition) is 4. The maximum Gasteiger partial charge on any atom is 0.117 e. The van der Waals surface area contributed by atoms with Crippen molar-refractivity contribution in [1.82, 2.24) is 0 Å². The lowest BCUT2D eigenvalue weighted by atomic mass is 9.75. The van der Waals surface area contributed by atoms with Crippen LogP contribution in [0, 0.1) is 0 Å². The van der Waals surface area contributed by atoms with Crippen molar-refractivity contribution in [2.45, 2.75) is 101 Å². The van der Waals surface area contributed by atoms with Crippen LogP contribution in [-0.2, 0) is 20.3 Å². The quantitative estimate of drug-likeness (QED) is 0.641. The lowest BCUT2D eigenvalue weighted by Crippen LogP contribution is -2.26. The molecule has 2 aliphatic heterocycles. The van der Waals surface area contributed by atoms with Crippen LogP contribution >= 0.6 is 0 Å². The van der Waals surface area contributed by atoms with Crippen molar-refractivity contribution in [3.8, 4) is 0 Å². The fraction of sp³-hybridized carbons (Fsp3) is 0.571. The Labute approximate surface area is 191 Å². The third kappa shape index (κ3) is 3.52. The Balaban J connectivity index is 1.43. The van der Waals surface area contributed by atoms with Crippen molar-refractivity contribution in [3.05, 3.63) is 70.3 Å². The molecule has 2 aromatic carbocycles. The van der Waals surface area contributed by atoms with Crippen LogP contribution in [0.4, 0.5) is 0 Å². The fourth-order valence-electron chi connectivity index (χ4n) is 5.96. The minimum Gasteiger partial charge on any atom is -0.388 e. The van der Waals surface area contributed by atoms with Crippen LogP contribution in [0.15, 0.2) is 42.5 Å². The van der Waals surface area contributed by atoms with Crippen LogP contribution in [0.2, 0.25) is 0 Å². The minimum atomic E-state index is -0.828. The fourth-order valence-corrected chi connectivity index (χ4v) is 5.96. The standard InChI is InChI=1S/C28H36O4/c1-25(2)15-28(7,18-11-8-16(9-12-18)21-23(31-21)26(3,4)29)19-13-10-17(14-20(19)25)22-24(32-22)27(5,6)30/h8-14,21-24,29-30H,15H2,1-7H3. The zero-order valence-electron chi connectivity index (χ0n) is 20.3. The molecule has 0 saturated carbocycles. The number of aliphatic hydroxyl groups is 2. The van der Waals surface area contributed by atoms with Gasteiger partial charge in [0.25, 0.3) is 0 Å². The van der Waals surface area contributed by atoms with Crippen LogP contribution < -0.4 is 0 Å². The molecule has 1 aliphatic carbocycles. The van der Waals surface area contributed by atoms with Crippen molar-refractivity contribution >= 4 is 0 Å². The number of epoxide rings is 2. The first-order chi connectivity index (χ1) is 14.7. The van der Waals surface area contributed by atoms with Gasteiger partial charge in [-0.1, -0.05) is 63.2 Å². The number of rotatable bonds is 5. The molecule has 5 atom stereocenters. The monoisotopic (exact) mass is 436 g/mol. The van der Waals surface area contributed by atoms with Crippen molar-refractivity contribution in [3.63, 3.8) is 0 Å². The highest BCUT2D eigenvalue weighted by molar-refractivity contribution is 5.54. The second-order valence-corrected chi connectivity index (χ2v) is 12.1. The molecule has 5 unspecified atom stereocenters. The molecule has 0 amide bonds. The zero-order chi connectivity index (χ0) is 23.3. The Morgan fingerprint density at radius 3 is 1.75 bits per heavy atom. The molecule has 0 spiro atoms. The van der Waals surface area contributed by atoms with Gasteiger partial charge in [-0.3, -0.25) is 0 Å². The SMILES string of the molecule is CC1(C)CC(C)(c2ccc(C3OC3C(C)(C)O)cc2)c2ccc(C3OC3C(C)(C)O)cc21. The summed E-state index contributed by atoms with van der Waals surface area (Å²) in [6.07, 6.45) is 0.718. The third-order valence-electron chi connectivity index (χ3n) is 7.74. The number of hydrogen-bond donors (Lipinski definition) is 2. The topological polar surface area (TPSA) is 65.5 Å². The van der Waals surface area contributed by atoms with Gasteiger partial charge in [0.15, 0.2) is 0 Å². The Morgan fingerprint density at radius 2 is 1.25 bits per heavy atom. The molecule has 3 aliphatic rings. The Morgan fingerprint density at radius 1 is 0.750 bits per heavy atom. The smallest absolute Gasteiger partial charge is 0.117 e. The molecule has 2 heterocycles. The van der Waals surface area contributed by atoms with E-state index in [9.17, 15) is 10.2 Å². The van der Waals surface area contributed by atoms with E-state index in [0.29, 0.717) is 0 Å². The summed E-state index contributed by atoms with van der Waals surface area (Å²) in [5, 5.41) is 20.5. The Kier molecular flexibility index (Phi) is 4.60. The first kappa shape index (κ1) is 22.1. The molecule has 2 saturated heterocycles. The van der Waals surface area contributed by atoms with E-state index in [2.05, 4.69) is 63.2 Å². The minimum absolute atomic E-state index is 0.0195. The van der Waals surface area contributed by atoms with E-state index in [4.69, 9.17) is 9.47 Å². The predicted octanol–water partition coefficient (Wildman–Crippen LogP) is 5.10. The molecule has 0 aromatic heterocycles. The summed E-state index contributed by atoms with van der Waals surface area (Å²) in [6.45, 7) is 14.2. The van der Waals surface area contributed by atoms with E-state index in [-0.39, 0.29) is 35.2 Å². The van der Waals surface area contributed by atoms with E-state index in [1.807, 2.05) is 13.8 Å². The van der Waals surface area contributed by atoms with Crippen molar-refractivity contribution in [1.29, 1.82) is 0 Å². The summed E-state index contributed by atoms with van der Waals surface area (Å²) in [5.74, 6) is 0. The van der Waals surface area contributed by atoms with E-state index in [1.54, 1.807) is 13.8 Å². The molecule has 5 rings (SSSR count). The van der Waals surface area contributed by atoms with Crippen molar-refractivity contribution in [2.24, 2.45) is 0 Å². The molecular weight excluding hydrogens is 400 g/mol. The van der Waals surface area contributed by atoms with Crippen LogP contribution in [0.25, 0.3) is 0 Å². The molecule has 172 valence electrons. The summed E-state index contributed by atoms with van der Waals surface area (Å²) in [7, 11) is 0. The van der Waals surface area contributed by atoms with Gasteiger partial charge in [-0.2, -0.15) is 0 Å². The number of ether oxygens (including phenoxy) is 2. The van der Waals surface area contributed by atoms with Gasteiger partial charge in [-0.25, -0.2) is 0 Å². The van der Waals surface area contributed by atoms with Crippen molar-refractivity contribution in [2.75, 3.05) is 0 Å². The summed E-state index contributed by atoms with van der Waals surface area (Å²) in [6, 6.07) is 15.5. The number of benzene rings is 2. The normalized spacial score (nSPS) is 33.2. The second kappa shape index (κ2) is 6.66. The van der Waals surface area contributed by atoms with Crippen molar-refractivity contribution < 1.29 is 19.7 Å². The van der Waals surface area contributed by atoms with Gasteiger partial charge in [0, 0.05) is 5.41 Å². The maximum absolute atomic E-state index is 10.3. The summed E-state index contributed by atoms with van der Waals surface area (Å²) >= 11 is 0. The van der Waals surface area contributed by atoms with E-state index >= 15 is 0 Å². The van der Waals surface area contributed by atoms with Gasteiger partial charge >= 0.3 is 0 Å². The molecule has 2 fully saturated rings. The first-order valence-electron chi connectivity index (χ1n) is 11.7. The lowest BCUT2D eigenvalue weighted by Gasteiger charge is -2.28. The average Bonchev–Trinajstić information content (AvgIpc) is 3.58. The van der Waals surface area contributed by atoms with Gasteiger partial charge in [-0.15, -0.1) is 0 Å². The predicted molar refractivity (Wildman–Crippen MR) is 125 cm³/mol. The first-order valence-corrected chi connectivity index (χ1v) is 11.7. The van der Waals surface area contributed by atoms with Gasteiger partial charge in [0.05, 0.1) is 11.2 Å². The highest BCUT2D eigenvalue weighted by Gasteiger charge is 2.52. The summed E-state index contributed by atoms with van der Waals surface area (Å²) < 4.78 is 11.6. The van der Waals surface area contributed by atoms with Crippen LogP contribution in [0.5, 0.6) is 0 Å². The molecule has 4 heteroatoms. The van der Waals surface area contributed by atoms with E-state index in [0.717, 1.165) is 17.5 Å². The molecular formula is C28H36O4. The number of fused-ring (bicyclic) bond motifs is 1. The third-order valence-corrected chi connectivity index (χ3v) is 7.74. The zero-order valence-corrected chi connectivity index (χ0v) is 20.3. The summed E-state index contributed by atoms with van der Waals surface area (Å²) in [4.78, 5) is 0. The van der Waals surface area contributed by atoms with Gasteiger partial charge in [0.1, 0.15) is 24.4 Å². The molecule has 2 N–H and O–H groups in total. The summed E-state index contributed by atoms with van der Waals surface area (Å²) in [5.41, 5.74) is 4.66. The maximum atomic E-state index is 10.3. The second-order valence-electron chi connectivity index (χ2n) is 12.1. The lowest BCUT2D eigenvalue weighted by molar-refractivity contribution is 0.0479. The molecule has 0 radical (unpaired) electrons. The van der Waals surface area contributed by atoms with Crippen LogP contribution in [0.3, 0.4) is 0 Å². The Bertz CT molecular complexity index is 1040. The Hall–Kier alpha value is -1.72. The highest BCUT2D eigenvalue weighted by Crippen LogP contribution is 2.55. The largest absolute Gasteiger partial charge is 0.388 e. The molecule has 32 heavy (non-hydrogen) atoms. The van der Waals surface area contributed by atoms with Gasteiger partial charge < -0.3 is 19.7 Å². The molecule has 2 aromatic rings. The molecule has 4 nitrogen and oxygen atoms in total. The molecule has 0 bridgehead atoms. The van der Waals surface area contributed by atoms with Gasteiger partial charge in [0.2, 0.25) is 0 Å². The highest BCUT2D eigenvalue weighted by atomic mass is 16.6. The van der Waals surface area contributed by atoms with E-state index in [1.165, 1.54) is 16.7 Å². The van der Waals surface area contributed by atoms with Crippen LogP contribution in [0.1, 0.15) is 94.9 Å². The van der Waals surface area contributed by atoms with E-state index < -0.39 is 11.2 Å². The van der Waals surface area contributed by atoms with Gasteiger partial charge in [-0.05, 0) is 67.3 Å².